The van der Waals surface area contributed by atoms with Gasteiger partial charge in [0.2, 0.25) is 17.7 Å². The number of benzene rings is 1. The van der Waals surface area contributed by atoms with Crippen molar-refractivity contribution in [3.63, 3.8) is 0 Å². The number of nitrogens with one attached hydrogen (secondary N) is 1. The number of hydrogen-bond acceptors (Lipinski definition) is 4. The second kappa shape index (κ2) is 6.30. The third-order valence-electron chi connectivity index (χ3n) is 3.34. The van der Waals surface area contributed by atoms with Crippen LogP contribution in [0.3, 0.4) is 0 Å². The summed E-state index contributed by atoms with van der Waals surface area (Å²) in [5.41, 5.74) is 2.68. The molecule has 1 heterocycles. The molecule has 0 bridgehead atoms. The molecule has 1 aliphatic heterocycles. The quantitative estimate of drug-likeness (QED) is 0.864. The predicted molar refractivity (Wildman–Crippen MR) is 83.2 cm³/mol. The predicted octanol–water partition coefficient (Wildman–Crippen LogP) is 1.73. The normalized spacial score (nSPS) is 18.8. The van der Waals surface area contributed by atoms with E-state index < -0.39 is 0 Å². The molecule has 1 saturated heterocycles. The topological polar surface area (TPSA) is 66.5 Å². The molecule has 1 aromatic rings. The standard InChI is InChI=1S/C15H18N2O3S/c1-9-4-5-10(2)12(6-9)16-13(18)7-17-14(19)8-21-11(3)15(17)20/h4-6,11H,7-8H2,1-3H3,(H,16,18)/t11-/m1/s1. The van der Waals surface area contributed by atoms with Crippen LogP contribution < -0.4 is 5.32 Å². The van der Waals surface area contributed by atoms with Crippen LogP contribution in [0.5, 0.6) is 0 Å². The summed E-state index contributed by atoms with van der Waals surface area (Å²) in [5.74, 6) is -0.722. The lowest BCUT2D eigenvalue weighted by atomic mass is 10.1. The van der Waals surface area contributed by atoms with Gasteiger partial charge in [0.1, 0.15) is 6.54 Å². The minimum atomic E-state index is -0.357. The maximum atomic E-state index is 12.1. The fourth-order valence-corrected chi connectivity index (χ4v) is 2.88. The number of imide groups is 1. The van der Waals surface area contributed by atoms with Crippen LogP contribution in [0.1, 0.15) is 18.1 Å². The average molecular weight is 306 g/mol. The molecule has 1 aliphatic rings. The second-order valence-electron chi connectivity index (χ2n) is 5.14. The maximum Gasteiger partial charge on any atom is 0.244 e. The fourth-order valence-electron chi connectivity index (χ4n) is 2.06. The molecule has 1 atom stereocenters. The van der Waals surface area contributed by atoms with Crippen molar-refractivity contribution in [2.45, 2.75) is 26.0 Å². The Morgan fingerprint density at radius 3 is 2.81 bits per heavy atom. The highest BCUT2D eigenvalue weighted by atomic mass is 32.2. The van der Waals surface area contributed by atoms with Gasteiger partial charge in [0, 0.05) is 5.69 Å². The summed E-state index contributed by atoms with van der Waals surface area (Å²) in [4.78, 5) is 36.8. The molecule has 112 valence electrons. The first kappa shape index (κ1) is 15.6. The van der Waals surface area contributed by atoms with Gasteiger partial charge in [0.25, 0.3) is 0 Å². The molecule has 2 rings (SSSR count). The van der Waals surface area contributed by atoms with Crippen molar-refractivity contribution in [1.82, 2.24) is 4.90 Å². The monoisotopic (exact) mass is 306 g/mol. The molecule has 0 spiro atoms. The number of anilines is 1. The van der Waals surface area contributed by atoms with Gasteiger partial charge in [-0.25, -0.2) is 0 Å². The van der Waals surface area contributed by atoms with Gasteiger partial charge >= 0.3 is 0 Å². The van der Waals surface area contributed by atoms with E-state index in [1.165, 1.54) is 11.8 Å². The molecule has 0 unspecified atom stereocenters. The van der Waals surface area contributed by atoms with Gasteiger partial charge in [-0.15, -0.1) is 11.8 Å². The fraction of sp³-hybridized carbons (Fsp3) is 0.400. The third kappa shape index (κ3) is 3.64. The first-order valence-corrected chi connectivity index (χ1v) is 7.76. The zero-order valence-electron chi connectivity index (χ0n) is 12.3. The van der Waals surface area contributed by atoms with Crippen molar-refractivity contribution >= 4 is 35.2 Å². The molecular formula is C15H18N2O3S. The first-order chi connectivity index (χ1) is 9.88. The second-order valence-corrected chi connectivity index (χ2v) is 6.47. The summed E-state index contributed by atoms with van der Waals surface area (Å²) < 4.78 is 0. The van der Waals surface area contributed by atoms with Crippen LogP contribution in [0.2, 0.25) is 0 Å². The van der Waals surface area contributed by atoms with Gasteiger partial charge in [-0.2, -0.15) is 0 Å². The van der Waals surface area contributed by atoms with E-state index in [1.54, 1.807) is 6.92 Å². The zero-order valence-corrected chi connectivity index (χ0v) is 13.1. The molecule has 21 heavy (non-hydrogen) atoms. The van der Waals surface area contributed by atoms with Crippen LogP contribution >= 0.6 is 11.8 Å². The van der Waals surface area contributed by atoms with Crippen LogP contribution in [-0.2, 0) is 14.4 Å². The van der Waals surface area contributed by atoms with Crippen LogP contribution in [0.15, 0.2) is 18.2 Å². The SMILES string of the molecule is Cc1ccc(C)c(NC(=O)CN2C(=O)CS[C@H](C)C2=O)c1. The summed E-state index contributed by atoms with van der Waals surface area (Å²) >= 11 is 1.30. The highest BCUT2D eigenvalue weighted by Crippen LogP contribution is 2.21. The number of carbonyl (C=O) groups is 3. The summed E-state index contributed by atoms with van der Waals surface area (Å²) in [7, 11) is 0. The largest absolute Gasteiger partial charge is 0.324 e. The minimum Gasteiger partial charge on any atom is -0.324 e. The van der Waals surface area contributed by atoms with E-state index in [4.69, 9.17) is 0 Å². The highest BCUT2D eigenvalue weighted by Gasteiger charge is 2.33. The smallest absolute Gasteiger partial charge is 0.244 e. The van der Waals surface area contributed by atoms with E-state index in [1.807, 2.05) is 32.0 Å². The van der Waals surface area contributed by atoms with Gasteiger partial charge in [0.15, 0.2) is 0 Å². The van der Waals surface area contributed by atoms with E-state index in [2.05, 4.69) is 5.32 Å². The summed E-state index contributed by atoms with van der Waals surface area (Å²) in [6, 6.07) is 5.74. The number of hydrogen-bond donors (Lipinski definition) is 1. The Balaban J connectivity index is 2.05. The van der Waals surface area contributed by atoms with Crippen molar-refractivity contribution in [2.24, 2.45) is 0 Å². The average Bonchev–Trinajstić information content (AvgIpc) is 2.43. The molecule has 1 N–H and O–H groups in total. The highest BCUT2D eigenvalue weighted by molar-refractivity contribution is 8.01. The Hall–Kier alpha value is -1.82. The van der Waals surface area contributed by atoms with Gasteiger partial charge in [-0.1, -0.05) is 12.1 Å². The number of rotatable bonds is 3. The Morgan fingerprint density at radius 2 is 2.10 bits per heavy atom. The number of amides is 3. The Morgan fingerprint density at radius 1 is 1.38 bits per heavy atom. The van der Waals surface area contributed by atoms with E-state index in [0.717, 1.165) is 16.0 Å². The van der Waals surface area contributed by atoms with E-state index in [9.17, 15) is 14.4 Å². The van der Waals surface area contributed by atoms with Crippen molar-refractivity contribution in [3.8, 4) is 0 Å². The lowest BCUT2D eigenvalue weighted by Gasteiger charge is -2.27. The summed E-state index contributed by atoms with van der Waals surface area (Å²) in [6.45, 7) is 5.35. The lowest BCUT2D eigenvalue weighted by Crippen LogP contribution is -2.49. The number of thioether (sulfide) groups is 1. The minimum absolute atomic E-state index is 0.226. The van der Waals surface area contributed by atoms with Crippen LogP contribution in [0.25, 0.3) is 0 Å². The van der Waals surface area contributed by atoms with Crippen molar-refractivity contribution in [2.75, 3.05) is 17.6 Å². The molecule has 5 nitrogen and oxygen atoms in total. The summed E-state index contributed by atoms with van der Waals surface area (Å²) in [5, 5.41) is 2.48. The van der Waals surface area contributed by atoms with Gasteiger partial charge in [-0.3, -0.25) is 19.3 Å². The molecule has 0 aliphatic carbocycles. The molecule has 0 aromatic heterocycles. The number of carbonyl (C=O) groups excluding carboxylic acids is 3. The molecule has 1 aromatic carbocycles. The van der Waals surface area contributed by atoms with E-state index in [0.29, 0.717) is 5.69 Å². The van der Waals surface area contributed by atoms with Crippen molar-refractivity contribution in [1.29, 1.82) is 0 Å². The molecule has 0 radical (unpaired) electrons. The molecule has 0 saturated carbocycles. The Kier molecular flexibility index (Phi) is 4.67. The van der Waals surface area contributed by atoms with Crippen LogP contribution in [0.4, 0.5) is 5.69 Å². The van der Waals surface area contributed by atoms with E-state index >= 15 is 0 Å². The molecular weight excluding hydrogens is 288 g/mol. The molecule has 6 heteroatoms. The third-order valence-corrected chi connectivity index (χ3v) is 4.46. The van der Waals surface area contributed by atoms with Crippen LogP contribution in [-0.4, -0.2) is 40.2 Å². The number of nitrogens with zero attached hydrogens (tertiary/aromatic N) is 1. The Bertz CT molecular complexity index is 601. The zero-order chi connectivity index (χ0) is 15.6. The maximum absolute atomic E-state index is 12.1. The van der Waals surface area contributed by atoms with E-state index in [-0.39, 0.29) is 35.3 Å². The number of aryl methyl sites for hydroxylation is 2. The van der Waals surface area contributed by atoms with Gasteiger partial charge in [-0.05, 0) is 38.0 Å². The van der Waals surface area contributed by atoms with Gasteiger partial charge < -0.3 is 5.32 Å². The van der Waals surface area contributed by atoms with Crippen LogP contribution in [0, 0.1) is 13.8 Å². The van der Waals surface area contributed by atoms with Gasteiger partial charge in [0.05, 0.1) is 11.0 Å². The molecule has 1 fully saturated rings. The lowest BCUT2D eigenvalue weighted by molar-refractivity contribution is -0.145. The first-order valence-electron chi connectivity index (χ1n) is 6.71. The molecule has 3 amide bonds. The van der Waals surface area contributed by atoms with Crippen molar-refractivity contribution in [3.05, 3.63) is 29.3 Å². The Labute approximate surface area is 128 Å². The summed E-state index contributed by atoms with van der Waals surface area (Å²) in [6.07, 6.45) is 0. The van der Waals surface area contributed by atoms with Crippen molar-refractivity contribution < 1.29 is 14.4 Å².